The first-order chi connectivity index (χ1) is 17.1. The molecular weight excluding hydrogens is 581 g/mol. The molecule has 36 heavy (non-hydrogen) atoms. The van der Waals surface area contributed by atoms with Gasteiger partial charge in [-0.3, -0.25) is 4.79 Å². The molecule has 1 fully saturated rings. The van der Waals surface area contributed by atoms with Gasteiger partial charge in [-0.1, -0.05) is 83.4 Å². The van der Waals surface area contributed by atoms with Crippen molar-refractivity contribution in [2.24, 2.45) is 0 Å². The third-order valence-electron chi connectivity index (χ3n) is 6.08. The van der Waals surface area contributed by atoms with Crippen molar-refractivity contribution < 1.29 is 4.79 Å². The zero-order chi connectivity index (χ0) is 25.6. The summed E-state index contributed by atoms with van der Waals surface area (Å²) in [5.41, 5.74) is 2.81. The summed E-state index contributed by atoms with van der Waals surface area (Å²) in [4.78, 5) is 13.8. The zero-order valence-corrected chi connectivity index (χ0v) is 23.9. The van der Waals surface area contributed by atoms with Gasteiger partial charge in [0, 0.05) is 26.5 Å². The maximum atomic E-state index is 13.8. The molecule has 0 aliphatic heterocycles. The lowest BCUT2D eigenvalue weighted by Crippen LogP contribution is -2.39. The van der Waals surface area contributed by atoms with Crippen LogP contribution >= 0.6 is 50.5 Å². The van der Waals surface area contributed by atoms with Crippen LogP contribution in [0.4, 0.5) is 0 Å². The van der Waals surface area contributed by atoms with E-state index in [2.05, 4.69) is 52.2 Å². The van der Waals surface area contributed by atoms with Crippen molar-refractivity contribution in [2.75, 3.05) is 0 Å². The number of hydrogen-bond donors (Lipinski definition) is 1. The lowest BCUT2D eigenvalue weighted by molar-refractivity contribution is 0.0918. The van der Waals surface area contributed by atoms with E-state index < -0.39 is 0 Å². The van der Waals surface area contributed by atoms with E-state index in [1.165, 1.54) is 11.3 Å². The summed E-state index contributed by atoms with van der Waals surface area (Å²) in [6.07, 6.45) is 3.06. The van der Waals surface area contributed by atoms with Crippen molar-refractivity contribution in [3.05, 3.63) is 67.6 Å². The Bertz CT molecular complexity index is 1440. The predicted molar refractivity (Wildman–Crippen MR) is 149 cm³/mol. The number of rotatable bonds is 5. The third kappa shape index (κ3) is 4.96. The molecule has 0 bridgehead atoms. The van der Waals surface area contributed by atoms with Crippen molar-refractivity contribution in [3.8, 4) is 27.6 Å². The molecule has 0 radical (unpaired) electrons. The summed E-state index contributed by atoms with van der Waals surface area (Å²) in [7, 11) is 0. The van der Waals surface area contributed by atoms with Crippen LogP contribution in [0.1, 0.15) is 55.4 Å². The Morgan fingerprint density at radius 1 is 1.11 bits per heavy atom. The third-order valence-corrected chi connectivity index (χ3v) is 8.50. The van der Waals surface area contributed by atoms with E-state index >= 15 is 0 Å². The highest BCUT2D eigenvalue weighted by Crippen LogP contribution is 2.39. The second-order valence-corrected chi connectivity index (χ2v) is 12.6. The lowest BCUT2D eigenvalue weighted by Gasteiger charge is -2.26. The van der Waals surface area contributed by atoms with Crippen molar-refractivity contribution in [1.82, 2.24) is 25.3 Å². The minimum absolute atomic E-state index is 0.158. The molecule has 0 atom stereocenters. The van der Waals surface area contributed by atoms with Crippen LogP contribution in [0.5, 0.6) is 0 Å². The number of nitrogens with one attached hydrogen (secondary N) is 1. The fraction of sp³-hybridized carbons (Fsp3) is 0.308. The van der Waals surface area contributed by atoms with E-state index in [4.69, 9.17) is 28.3 Å². The second-order valence-electron chi connectivity index (χ2n) is 9.85. The number of nitrogens with zero attached hydrogens (tertiary/aromatic N) is 4. The molecule has 5 rings (SSSR count). The number of carbonyl (C=O) groups is 1. The van der Waals surface area contributed by atoms with E-state index in [9.17, 15) is 4.79 Å². The maximum Gasteiger partial charge on any atom is 0.256 e. The highest BCUT2D eigenvalue weighted by Gasteiger charge is 2.32. The molecule has 1 aliphatic carbocycles. The molecule has 4 aromatic rings. The Hall–Kier alpha value is -2.26. The Balaban J connectivity index is 1.78. The molecule has 1 N–H and O–H groups in total. The summed E-state index contributed by atoms with van der Waals surface area (Å²) in [5, 5.41) is 19.4. The topological polar surface area (TPSA) is 72.7 Å². The van der Waals surface area contributed by atoms with Gasteiger partial charge in [0.2, 0.25) is 0 Å². The number of hydrogen-bond acceptors (Lipinski definition) is 5. The number of amides is 1. The van der Waals surface area contributed by atoms with Crippen molar-refractivity contribution in [2.45, 2.75) is 51.5 Å². The normalized spacial score (nSPS) is 14.1. The molecule has 0 unspecified atom stereocenters. The van der Waals surface area contributed by atoms with Crippen LogP contribution in [0, 0.1) is 0 Å². The minimum atomic E-state index is -0.184. The van der Waals surface area contributed by atoms with Crippen LogP contribution in [0.2, 0.25) is 10.0 Å². The number of carbonyl (C=O) groups excluding carboxylic acids is 1. The summed E-state index contributed by atoms with van der Waals surface area (Å²) >= 11 is 17.8. The van der Waals surface area contributed by atoms with Gasteiger partial charge in [-0.25, -0.2) is 4.68 Å². The number of halogens is 3. The van der Waals surface area contributed by atoms with Crippen molar-refractivity contribution >= 4 is 56.4 Å². The molecule has 186 valence electrons. The average molecular weight is 605 g/mol. The van der Waals surface area contributed by atoms with Crippen LogP contribution in [0.25, 0.3) is 27.6 Å². The Labute approximate surface area is 232 Å². The van der Waals surface area contributed by atoms with Crippen LogP contribution in [-0.2, 0) is 5.41 Å². The van der Waals surface area contributed by atoms with Gasteiger partial charge < -0.3 is 5.32 Å². The second kappa shape index (κ2) is 9.89. The smallest absolute Gasteiger partial charge is 0.256 e. The summed E-state index contributed by atoms with van der Waals surface area (Å²) in [5.74, 6) is -0.184. The Morgan fingerprint density at radius 2 is 1.83 bits per heavy atom. The quantitative estimate of drug-likeness (QED) is 0.253. The van der Waals surface area contributed by atoms with Gasteiger partial charge in [-0.15, -0.1) is 10.2 Å². The first-order valence-corrected chi connectivity index (χ1v) is 14.0. The monoisotopic (exact) mass is 603 g/mol. The van der Waals surface area contributed by atoms with E-state index in [0.29, 0.717) is 37.7 Å². The molecule has 10 heteroatoms. The molecule has 1 saturated carbocycles. The summed E-state index contributed by atoms with van der Waals surface area (Å²) in [6, 6.07) is 13.2. The van der Waals surface area contributed by atoms with E-state index in [0.717, 1.165) is 34.3 Å². The summed E-state index contributed by atoms with van der Waals surface area (Å²) in [6.45, 7) is 6.25. The Morgan fingerprint density at radius 3 is 2.42 bits per heavy atom. The highest BCUT2D eigenvalue weighted by atomic mass is 79.9. The molecule has 1 amide bonds. The van der Waals surface area contributed by atoms with Gasteiger partial charge in [0.1, 0.15) is 10.7 Å². The summed E-state index contributed by atoms with van der Waals surface area (Å²) < 4.78 is 2.65. The molecule has 1 aliphatic rings. The van der Waals surface area contributed by atoms with Gasteiger partial charge in [0.25, 0.3) is 5.91 Å². The molecular formula is C26H24BrCl2N5OS. The van der Waals surface area contributed by atoms with Gasteiger partial charge >= 0.3 is 0 Å². The fourth-order valence-corrected chi connectivity index (χ4v) is 5.56. The Kier molecular flexibility index (Phi) is 6.98. The zero-order valence-electron chi connectivity index (χ0n) is 20.0. The average Bonchev–Trinajstić information content (AvgIpc) is 3.42. The van der Waals surface area contributed by atoms with Crippen LogP contribution in [0.15, 0.2) is 46.9 Å². The van der Waals surface area contributed by atoms with Crippen molar-refractivity contribution in [1.29, 1.82) is 0 Å². The SMILES string of the molecule is CC(C)(C)c1nnc(-c2nn(-c3ccc(Cl)cc3Cl)c(-c3ccc(Br)cc3)c2C(=O)NC2CCC2)s1. The van der Waals surface area contributed by atoms with Crippen LogP contribution in [-0.4, -0.2) is 31.9 Å². The molecule has 2 heterocycles. The van der Waals surface area contributed by atoms with Crippen LogP contribution in [0.3, 0.4) is 0 Å². The van der Waals surface area contributed by atoms with Gasteiger partial charge in [-0.2, -0.15) is 5.10 Å². The molecule has 6 nitrogen and oxygen atoms in total. The lowest BCUT2D eigenvalue weighted by atomic mass is 9.92. The van der Waals surface area contributed by atoms with E-state index in [-0.39, 0.29) is 17.4 Å². The predicted octanol–water partition coefficient (Wildman–Crippen LogP) is 7.71. The first-order valence-electron chi connectivity index (χ1n) is 11.6. The van der Waals surface area contributed by atoms with Crippen molar-refractivity contribution in [3.63, 3.8) is 0 Å². The van der Waals surface area contributed by atoms with E-state index in [1.54, 1.807) is 22.9 Å². The van der Waals surface area contributed by atoms with E-state index in [1.807, 2.05) is 24.3 Å². The molecule has 0 spiro atoms. The first kappa shape index (κ1) is 25.4. The number of aromatic nitrogens is 4. The van der Waals surface area contributed by atoms with Gasteiger partial charge in [-0.05, 0) is 49.6 Å². The molecule has 0 saturated heterocycles. The maximum absolute atomic E-state index is 13.8. The molecule has 2 aromatic carbocycles. The number of benzene rings is 2. The van der Waals surface area contributed by atoms with Gasteiger partial charge in [0.05, 0.1) is 22.0 Å². The largest absolute Gasteiger partial charge is 0.349 e. The standard InChI is InChI=1S/C26H24BrCl2N5OS/c1-26(2,3)25-32-31-24(36-25)21-20(23(35)30-17-5-4-6-17)22(14-7-9-15(27)10-8-14)34(33-21)19-12-11-16(28)13-18(19)29/h7-13,17H,4-6H2,1-3H3,(H,30,35). The fourth-order valence-electron chi connectivity index (χ4n) is 3.92. The van der Waals surface area contributed by atoms with Crippen LogP contribution < -0.4 is 5.32 Å². The molecule has 2 aromatic heterocycles. The highest BCUT2D eigenvalue weighted by molar-refractivity contribution is 9.10. The minimum Gasteiger partial charge on any atom is -0.349 e. The van der Waals surface area contributed by atoms with Gasteiger partial charge in [0.15, 0.2) is 5.01 Å².